The van der Waals surface area contributed by atoms with Crippen molar-refractivity contribution in [3.05, 3.63) is 59.2 Å². The van der Waals surface area contributed by atoms with Gasteiger partial charge in [-0.15, -0.1) is 24.0 Å². The molecule has 2 aromatic carbocycles. The number of hydrogen-bond donors (Lipinski definition) is 2. The molecule has 0 aromatic heterocycles. The zero-order chi connectivity index (χ0) is 20.5. The van der Waals surface area contributed by atoms with Gasteiger partial charge in [0, 0.05) is 31.8 Å². The minimum Gasteiger partial charge on any atom is -0.497 e. The van der Waals surface area contributed by atoms with Gasteiger partial charge in [-0.3, -0.25) is 4.99 Å². The molecule has 0 atom stereocenters. The molecule has 5 nitrogen and oxygen atoms in total. The molecule has 2 aromatic rings. The lowest BCUT2D eigenvalue weighted by atomic mass is 10.1. The summed E-state index contributed by atoms with van der Waals surface area (Å²) in [6.07, 6.45) is 0.243. The molecule has 0 spiro atoms. The van der Waals surface area contributed by atoms with E-state index in [-0.39, 0.29) is 48.3 Å². The van der Waals surface area contributed by atoms with E-state index >= 15 is 0 Å². The molecule has 0 saturated carbocycles. The Morgan fingerprint density at radius 3 is 2.48 bits per heavy atom. The Balaban J connectivity index is 0.00000420. The average Bonchev–Trinajstić information content (AvgIpc) is 2.67. The van der Waals surface area contributed by atoms with E-state index in [1.807, 2.05) is 0 Å². The van der Waals surface area contributed by atoms with Gasteiger partial charge in [0.25, 0.3) is 0 Å². The summed E-state index contributed by atoms with van der Waals surface area (Å²) in [6.45, 7) is -2.52. The highest BCUT2D eigenvalue weighted by Gasteiger charge is 2.12. The molecule has 0 radical (unpaired) electrons. The van der Waals surface area contributed by atoms with Crippen LogP contribution in [0.3, 0.4) is 0 Å². The third-order valence-electron chi connectivity index (χ3n) is 3.85. The summed E-state index contributed by atoms with van der Waals surface area (Å²) in [5.41, 5.74) is 0.714. The van der Waals surface area contributed by atoms with E-state index in [9.17, 15) is 17.6 Å². The number of nitrogens with zero attached hydrogens (tertiary/aromatic N) is 1. The van der Waals surface area contributed by atoms with E-state index in [1.165, 1.54) is 20.2 Å². The van der Waals surface area contributed by atoms with Gasteiger partial charge in [0.2, 0.25) is 0 Å². The second kappa shape index (κ2) is 12.3. The number of hydrogen-bond acceptors (Lipinski definition) is 3. The van der Waals surface area contributed by atoms with E-state index in [1.54, 1.807) is 12.1 Å². The zero-order valence-corrected chi connectivity index (χ0v) is 18.2. The molecule has 0 saturated heterocycles. The van der Waals surface area contributed by atoms with Gasteiger partial charge in [-0.05, 0) is 42.3 Å². The lowest BCUT2D eigenvalue weighted by Gasteiger charge is -2.15. The maximum absolute atomic E-state index is 13.6. The first kappa shape index (κ1) is 24.8. The second-order valence-electron chi connectivity index (χ2n) is 5.69. The number of guanidine groups is 1. The molecule has 2 N–H and O–H groups in total. The van der Waals surface area contributed by atoms with Crippen LogP contribution in [0.15, 0.2) is 41.4 Å². The van der Waals surface area contributed by atoms with Gasteiger partial charge in [-0.1, -0.05) is 0 Å². The Morgan fingerprint density at radius 2 is 1.83 bits per heavy atom. The van der Waals surface area contributed by atoms with Crippen molar-refractivity contribution in [3.8, 4) is 11.5 Å². The Labute approximate surface area is 183 Å². The monoisotopic (exact) mass is 527 g/mol. The van der Waals surface area contributed by atoms with E-state index in [0.717, 1.165) is 18.2 Å². The fourth-order valence-electron chi connectivity index (χ4n) is 2.46. The Hall–Kier alpha value is -2.24. The van der Waals surface area contributed by atoms with Crippen LogP contribution in [-0.2, 0) is 13.0 Å². The maximum atomic E-state index is 13.6. The van der Waals surface area contributed by atoms with E-state index < -0.39 is 18.2 Å². The highest BCUT2D eigenvalue weighted by atomic mass is 127. The maximum Gasteiger partial charge on any atom is 0.387 e. The Morgan fingerprint density at radius 1 is 1.07 bits per heavy atom. The number of nitrogens with one attached hydrogen (secondary N) is 2. The molecular formula is C19H22F4IN3O2. The lowest BCUT2D eigenvalue weighted by Crippen LogP contribution is -2.38. The van der Waals surface area contributed by atoms with Crippen LogP contribution in [0.25, 0.3) is 0 Å². The van der Waals surface area contributed by atoms with Crippen molar-refractivity contribution in [3.63, 3.8) is 0 Å². The number of halogens is 5. The smallest absolute Gasteiger partial charge is 0.387 e. The van der Waals surface area contributed by atoms with Crippen LogP contribution in [-0.4, -0.2) is 33.3 Å². The van der Waals surface area contributed by atoms with Gasteiger partial charge < -0.3 is 20.1 Å². The first-order chi connectivity index (χ1) is 13.4. The van der Waals surface area contributed by atoms with Gasteiger partial charge in [0.05, 0.1) is 7.11 Å². The van der Waals surface area contributed by atoms with Crippen molar-refractivity contribution in [2.45, 2.75) is 19.6 Å². The molecule has 0 aliphatic heterocycles. The van der Waals surface area contributed by atoms with Gasteiger partial charge in [-0.2, -0.15) is 8.78 Å². The highest BCUT2D eigenvalue weighted by molar-refractivity contribution is 14.0. The first-order valence-electron chi connectivity index (χ1n) is 8.43. The molecule has 0 fully saturated rings. The summed E-state index contributed by atoms with van der Waals surface area (Å²) in [7, 11) is 2.95. The molecule has 160 valence electrons. The van der Waals surface area contributed by atoms with Crippen LogP contribution >= 0.6 is 24.0 Å². The summed E-state index contributed by atoms with van der Waals surface area (Å²) in [5.74, 6) is -0.253. The molecule has 10 heteroatoms. The molecular weight excluding hydrogens is 505 g/mol. The minimum atomic E-state index is -2.97. The fraction of sp³-hybridized carbons (Fsp3) is 0.316. The number of alkyl halides is 2. The summed E-state index contributed by atoms with van der Waals surface area (Å²) >= 11 is 0. The van der Waals surface area contributed by atoms with Crippen molar-refractivity contribution in [1.82, 2.24) is 10.6 Å². The predicted octanol–water partition coefficient (Wildman–Crippen LogP) is 4.10. The summed E-state index contributed by atoms with van der Waals surface area (Å²) < 4.78 is 61.6. The molecule has 0 amide bonds. The SMILES string of the molecule is CN=C(NCCc1cc(F)ccc1F)NCc1ccc(OC)cc1OC(F)F.I. The Bertz CT molecular complexity index is 822. The third kappa shape index (κ3) is 7.95. The van der Waals surface area contributed by atoms with Gasteiger partial charge in [0.15, 0.2) is 5.96 Å². The lowest BCUT2D eigenvalue weighted by molar-refractivity contribution is -0.0505. The normalized spacial score (nSPS) is 11.1. The van der Waals surface area contributed by atoms with Crippen LogP contribution < -0.4 is 20.1 Å². The van der Waals surface area contributed by atoms with Crippen molar-refractivity contribution < 1.29 is 27.0 Å². The van der Waals surface area contributed by atoms with Gasteiger partial charge in [-0.25, -0.2) is 8.78 Å². The average molecular weight is 527 g/mol. The van der Waals surface area contributed by atoms with E-state index in [4.69, 9.17) is 4.74 Å². The number of aliphatic imine (C=N–C) groups is 1. The minimum absolute atomic E-state index is 0. The van der Waals surface area contributed by atoms with E-state index in [0.29, 0.717) is 23.8 Å². The van der Waals surface area contributed by atoms with Crippen LogP contribution in [0.5, 0.6) is 11.5 Å². The number of benzene rings is 2. The largest absolute Gasteiger partial charge is 0.497 e. The van der Waals surface area contributed by atoms with Gasteiger partial charge >= 0.3 is 6.61 Å². The summed E-state index contributed by atoms with van der Waals surface area (Å²) in [6, 6.07) is 7.86. The fourth-order valence-corrected chi connectivity index (χ4v) is 2.46. The van der Waals surface area contributed by atoms with Crippen LogP contribution in [0.1, 0.15) is 11.1 Å². The third-order valence-corrected chi connectivity index (χ3v) is 3.85. The Kier molecular flexibility index (Phi) is 10.6. The van der Waals surface area contributed by atoms with Crippen molar-refractivity contribution in [2.24, 2.45) is 4.99 Å². The second-order valence-corrected chi connectivity index (χ2v) is 5.69. The molecule has 0 aliphatic carbocycles. The quantitative estimate of drug-likeness (QED) is 0.235. The zero-order valence-electron chi connectivity index (χ0n) is 15.8. The predicted molar refractivity (Wildman–Crippen MR) is 113 cm³/mol. The van der Waals surface area contributed by atoms with Crippen LogP contribution in [0.4, 0.5) is 17.6 Å². The summed E-state index contributed by atoms with van der Waals surface area (Å²) in [5, 5.41) is 5.91. The van der Waals surface area contributed by atoms with Crippen LogP contribution in [0, 0.1) is 11.6 Å². The molecule has 0 unspecified atom stereocenters. The standard InChI is InChI=1S/C19H21F4N3O2.HI/c1-24-19(25-8-7-12-9-14(20)4-6-16(12)21)26-11-13-3-5-15(27-2)10-17(13)28-18(22)23;/h3-6,9-10,18H,7-8,11H2,1-2H3,(H2,24,25,26);1H. The van der Waals surface area contributed by atoms with Crippen molar-refractivity contribution in [2.75, 3.05) is 20.7 Å². The van der Waals surface area contributed by atoms with Crippen molar-refractivity contribution in [1.29, 1.82) is 0 Å². The van der Waals surface area contributed by atoms with Crippen molar-refractivity contribution >= 4 is 29.9 Å². The molecule has 0 heterocycles. The number of methoxy groups -OCH3 is 1. The number of ether oxygens (including phenoxy) is 2. The first-order valence-corrected chi connectivity index (χ1v) is 8.43. The highest BCUT2D eigenvalue weighted by Crippen LogP contribution is 2.26. The molecule has 0 bridgehead atoms. The van der Waals surface area contributed by atoms with Gasteiger partial charge in [0.1, 0.15) is 23.1 Å². The molecule has 0 aliphatic rings. The number of rotatable bonds is 8. The summed E-state index contributed by atoms with van der Waals surface area (Å²) in [4.78, 5) is 4.01. The molecule has 29 heavy (non-hydrogen) atoms. The van der Waals surface area contributed by atoms with E-state index in [2.05, 4.69) is 20.4 Å². The van der Waals surface area contributed by atoms with Crippen LogP contribution in [0.2, 0.25) is 0 Å². The molecule has 2 rings (SSSR count). The topological polar surface area (TPSA) is 54.9 Å².